The van der Waals surface area contributed by atoms with Crippen molar-refractivity contribution in [1.82, 2.24) is 15.2 Å². The molecule has 2 aromatic heterocycles. The number of hydrogen-bond acceptors (Lipinski definition) is 6. The number of rotatable bonds is 5. The van der Waals surface area contributed by atoms with Gasteiger partial charge in [-0.2, -0.15) is 0 Å². The third kappa shape index (κ3) is 3.00. The van der Waals surface area contributed by atoms with Crippen LogP contribution in [-0.4, -0.2) is 21.7 Å². The van der Waals surface area contributed by atoms with Crippen molar-refractivity contribution in [2.45, 2.75) is 19.4 Å². The summed E-state index contributed by atoms with van der Waals surface area (Å²) in [7, 11) is 0. The van der Waals surface area contributed by atoms with Crippen LogP contribution in [-0.2, 0) is 6.42 Å². The van der Waals surface area contributed by atoms with Gasteiger partial charge in [0.05, 0.1) is 11.6 Å². The summed E-state index contributed by atoms with van der Waals surface area (Å²) in [6.45, 7) is 2.50. The summed E-state index contributed by atoms with van der Waals surface area (Å²) in [6.07, 6.45) is 2.64. The summed E-state index contributed by atoms with van der Waals surface area (Å²) in [4.78, 5) is 4.44. The number of pyridine rings is 1. The Hall–Kier alpha value is -2.47. The van der Waals surface area contributed by atoms with Gasteiger partial charge in [0, 0.05) is 18.1 Å². The molecule has 0 saturated heterocycles. The lowest BCUT2D eigenvalue weighted by atomic mass is 10.1. The molecule has 1 unspecified atom stereocenters. The number of aromatic nitrogens is 3. The number of fused-ring (bicyclic) bond motifs is 1. The van der Waals surface area contributed by atoms with Crippen molar-refractivity contribution in [1.29, 1.82) is 0 Å². The molecule has 6 nitrogen and oxygen atoms in total. The van der Waals surface area contributed by atoms with Crippen molar-refractivity contribution in [2.75, 3.05) is 11.9 Å². The third-order valence-electron chi connectivity index (χ3n) is 3.22. The van der Waals surface area contributed by atoms with Crippen LogP contribution in [0.4, 0.5) is 6.01 Å². The molecule has 0 spiro atoms. The Labute approximate surface area is 122 Å². The van der Waals surface area contributed by atoms with Gasteiger partial charge in [0.2, 0.25) is 5.89 Å². The molecule has 3 N–H and O–H groups in total. The summed E-state index contributed by atoms with van der Waals surface area (Å²) < 4.78 is 5.40. The Balaban J connectivity index is 1.66. The summed E-state index contributed by atoms with van der Waals surface area (Å²) in [6, 6.07) is 10.3. The lowest BCUT2D eigenvalue weighted by molar-refractivity contribution is 0.473. The van der Waals surface area contributed by atoms with Crippen LogP contribution < -0.4 is 11.1 Å². The number of hydrogen-bond donors (Lipinski definition) is 2. The van der Waals surface area contributed by atoms with Gasteiger partial charge in [-0.05, 0) is 25.0 Å². The SMILES string of the molecule is CC(N)c1nnc(NCCc2cccc3cccnc23)o1. The van der Waals surface area contributed by atoms with E-state index in [1.807, 2.05) is 18.3 Å². The maximum Gasteiger partial charge on any atom is 0.315 e. The van der Waals surface area contributed by atoms with E-state index in [4.69, 9.17) is 10.2 Å². The van der Waals surface area contributed by atoms with Crippen LogP contribution in [0.1, 0.15) is 24.4 Å². The molecule has 0 saturated carbocycles. The standard InChI is InChI=1S/C15H17N5O/c1-10(16)14-19-20-15(21-14)18-9-7-12-5-2-4-11-6-3-8-17-13(11)12/h2-6,8,10H,7,9,16H2,1H3,(H,18,20). The third-order valence-corrected chi connectivity index (χ3v) is 3.22. The Morgan fingerprint density at radius 3 is 2.90 bits per heavy atom. The smallest absolute Gasteiger partial charge is 0.315 e. The fourth-order valence-corrected chi connectivity index (χ4v) is 2.16. The second kappa shape index (κ2) is 5.88. The maximum atomic E-state index is 5.68. The molecule has 0 amide bonds. The molecule has 0 bridgehead atoms. The molecule has 0 fully saturated rings. The summed E-state index contributed by atoms with van der Waals surface area (Å²) in [5.41, 5.74) is 7.90. The molecule has 0 aliphatic rings. The van der Waals surface area contributed by atoms with Crippen LogP contribution in [0.3, 0.4) is 0 Å². The number of para-hydroxylation sites is 1. The van der Waals surface area contributed by atoms with Gasteiger partial charge in [-0.1, -0.05) is 29.4 Å². The number of nitrogens with one attached hydrogen (secondary N) is 1. The fraction of sp³-hybridized carbons (Fsp3) is 0.267. The van der Waals surface area contributed by atoms with Gasteiger partial charge in [0.1, 0.15) is 0 Å². The molecule has 3 aromatic rings. The van der Waals surface area contributed by atoms with E-state index >= 15 is 0 Å². The monoisotopic (exact) mass is 283 g/mol. The molecule has 1 atom stereocenters. The van der Waals surface area contributed by atoms with Crippen molar-refractivity contribution in [2.24, 2.45) is 5.73 Å². The first-order valence-electron chi connectivity index (χ1n) is 6.89. The van der Waals surface area contributed by atoms with Gasteiger partial charge >= 0.3 is 6.01 Å². The molecule has 0 radical (unpaired) electrons. The lowest BCUT2D eigenvalue weighted by Crippen LogP contribution is -2.06. The van der Waals surface area contributed by atoms with Crippen molar-refractivity contribution < 1.29 is 4.42 Å². The Morgan fingerprint density at radius 1 is 1.24 bits per heavy atom. The molecule has 3 rings (SSSR count). The van der Waals surface area contributed by atoms with Gasteiger partial charge in [0.25, 0.3) is 0 Å². The zero-order chi connectivity index (χ0) is 14.7. The molecular weight excluding hydrogens is 266 g/mol. The van der Waals surface area contributed by atoms with Gasteiger partial charge in [0.15, 0.2) is 0 Å². The van der Waals surface area contributed by atoms with E-state index in [1.54, 1.807) is 6.92 Å². The van der Waals surface area contributed by atoms with E-state index in [0.29, 0.717) is 18.5 Å². The highest BCUT2D eigenvalue weighted by molar-refractivity contribution is 5.81. The minimum atomic E-state index is -0.254. The highest BCUT2D eigenvalue weighted by Crippen LogP contribution is 2.17. The Kier molecular flexibility index (Phi) is 3.79. The molecule has 1 aromatic carbocycles. The van der Waals surface area contributed by atoms with E-state index in [2.05, 4.69) is 38.7 Å². The number of nitrogens with zero attached hydrogens (tertiary/aromatic N) is 3. The van der Waals surface area contributed by atoms with Crippen molar-refractivity contribution in [3.05, 3.63) is 48.0 Å². The van der Waals surface area contributed by atoms with E-state index in [-0.39, 0.29) is 6.04 Å². The number of benzene rings is 1. The largest absolute Gasteiger partial charge is 0.406 e. The zero-order valence-corrected chi connectivity index (χ0v) is 11.8. The molecule has 108 valence electrons. The van der Waals surface area contributed by atoms with Crippen LogP contribution >= 0.6 is 0 Å². The molecule has 21 heavy (non-hydrogen) atoms. The Bertz CT molecular complexity index is 732. The fourth-order valence-electron chi connectivity index (χ4n) is 2.16. The van der Waals surface area contributed by atoms with E-state index in [0.717, 1.165) is 17.3 Å². The summed E-state index contributed by atoms with van der Waals surface area (Å²) >= 11 is 0. The normalized spacial score (nSPS) is 12.5. The average Bonchev–Trinajstić information content (AvgIpc) is 2.97. The van der Waals surface area contributed by atoms with Gasteiger partial charge in [-0.15, -0.1) is 5.10 Å². The topological polar surface area (TPSA) is 89.9 Å². The van der Waals surface area contributed by atoms with Crippen LogP contribution in [0.25, 0.3) is 10.9 Å². The maximum absolute atomic E-state index is 5.68. The highest BCUT2D eigenvalue weighted by Gasteiger charge is 2.09. The van der Waals surface area contributed by atoms with Gasteiger partial charge in [-0.25, -0.2) is 0 Å². The second-order valence-corrected chi connectivity index (χ2v) is 4.90. The Morgan fingerprint density at radius 2 is 2.10 bits per heavy atom. The minimum absolute atomic E-state index is 0.254. The first kappa shape index (κ1) is 13.5. The molecular formula is C15H17N5O. The van der Waals surface area contributed by atoms with Crippen LogP contribution in [0.2, 0.25) is 0 Å². The molecule has 6 heteroatoms. The molecule has 0 aliphatic heterocycles. The predicted molar refractivity (Wildman–Crippen MR) is 80.8 cm³/mol. The predicted octanol–water partition coefficient (Wildman–Crippen LogP) is 2.29. The second-order valence-electron chi connectivity index (χ2n) is 4.90. The first-order chi connectivity index (χ1) is 10.2. The van der Waals surface area contributed by atoms with E-state index in [1.165, 1.54) is 5.56 Å². The van der Waals surface area contributed by atoms with Gasteiger partial charge in [-0.3, -0.25) is 4.98 Å². The minimum Gasteiger partial charge on any atom is -0.406 e. The first-order valence-corrected chi connectivity index (χ1v) is 6.89. The van der Waals surface area contributed by atoms with Crippen molar-refractivity contribution in [3.63, 3.8) is 0 Å². The number of nitrogens with two attached hydrogens (primary N) is 1. The van der Waals surface area contributed by atoms with Crippen LogP contribution in [0.15, 0.2) is 40.9 Å². The molecule has 0 aliphatic carbocycles. The average molecular weight is 283 g/mol. The lowest BCUT2D eigenvalue weighted by Gasteiger charge is -2.05. The zero-order valence-electron chi connectivity index (χ0n) is 11.8. The van der Waals surface area contributed by atoms with Crippen LogP contribution in [0.5, 0.6) is 0 Å². The van der Waals surface area contributed by atoms with Crippen molar-refractivity contribution >= 4 is 16.9 Å². The summed E-state index contributed by atoms with van der Waals surface area (Å²) in [5, 5.41) is 12.0. The molecule has 2 heterocycles. The van der Waals surface area contributed by atoms with Crippen molar-refractivity contribution in [3.8, 4) is 0 Å². The van der Waals surface area contributed by atoms with Gasteiger partial charge < -0.3 is 15.5 Å². The van der Waals surface area contributed by atoms with E-state index in [9.17, 15) is 0 Å². The highest BCUT2D eigenvalue weighted by atomic mass is 16.4. The van der Waals surface area contributed by atoms with E-state index < -0.39 is 0 Å². The number of anilines is 1. The van der Waals surface area contributed by atoms with Crippen LogP contribution in [0, 0.1) is 0 Å². The summed E-state index contributed by atoms with van der Waals surface area (Å²) in [5.74, 6) is 0.435. The quantitative estimate of drug-likeness (QED) is 0.746.